The first-order valence-electron chi connectivity index (χ1n) is 10.5. The van der Waals surface area contributed by atoms with Crippen LogP contribution in [0.25, 0.3) is 0 Å². The Balaban J connectivity index is 1.68. The van der Waals surface area contributed by atoms with E-state index in [2.05, 4.69) is 93.6 Å². The number of aliphatic hydroxyl groups is 1. The molecule has 1 N–H and O–H groups in total. The molecule has 28 heavy (non-hydrogen) atoms. The Morgan fingerprint density at radius 3 is 1.96 bits per heavy atom. The molecule has 0 spiro atoms. The molecule has 0 radical (unpaired) electrons. The minimum Gasteiger partial charge on any atom is -0.407 e. The minimum atomic E-state index is -2.48. The zero-order valence-electron chi connectivity index (χ0n) is 17.3. The Morgan fingerprint density at radius 1 is 1.00 bits per heavy atom. The molecule has 4 rings (SSSR count). The maximum Gasteiger partial charge on any atom is 0.261 e. The van der Waals surface area contributed by atoms with E-state index in [1.54, 1.807) is 0 Å². The third-order valence-electron chi connectivity index (χ3n) is 6.92. The van der Waals surface area contributed by atoms with Gasteiger partial charge in [0.05, 0.1) is 6.10 Å². The van der Waals surface area contributed by atoms with Crippen LogP contribution in [0, 0.1) is 11.3 Å². The average molecular weight is 393 g/mol. The van der Waals surface area contributed by atoms with Gasteiger partial charge in [0.15, 0.2) is 0 Å². The van der Waals surface area contributed by atoms with Crippen molar-refractivity contribution in [2.45, 2.75) is 51.2 Å². The third-order valence-corrected chi connectivity index (χ3v) is 12.0. The van der Waals surface area contributed by atoms with Crippen molar-refractivity contribution in [1.82, 2.24) is 0 Å². The first-order chi connectivity index (χ1) is 13.4. The van der Waals surface area contributed by atoms with Gasteiger partial charge in [0.1, 0.15) is 0 Å². The molecule has 3 atom stereocenters. The van der Waals surface area contributed by atoms with Crippen LogP contribution in [0.4, 0.5) is 0 Å². The Kier molecular flexibility index (Phi) is 5.11. The van der Waals surface area contributed by atoms with Crippen LogP contribution >= 0.6 is 0 Å². The van der Waals surface area contributed by atoms with Crippen LogP contribution in [-0.2, 0) is 4.43 Å². The van der Waals surface area contributed by atoms with Crippen LogP contribution in [0.15, 0.2) is 72.8 Å². The highest BCUT2D eigenvalue weighted by Gasteiger charge is 2.52. The molecule has 2 aliphatic carbocycles. The summed E-state index contributed by atoms with van der Waals surface area (Å²) < 4.78 is 7.02. The van der Waals surface area contributed by atoms with Crippen molar-refractivity contribution in [3.8, 4) is 0 Å². The molecule has 2 aliphatic rings. The normalized spacial score (nSPS) is 26.7. The van der Waals surface area contributed by atoms with Crippen LogP contribution in [-0.4, -0.2) is 26.1 Å². The fourth-order valence-electron chi connectivity index (χ4n) is 5.38. The standard InChI is InChI=1S/C25H32O2Si/c1-24(2,3)28(21-10-6-4-7-11-21,22-12-8-5-9-13-22)27-19-18-25-16-14-20(15-17-25)23(25)26/h4-14,16,20,23,26H,15,17-19H2,1-3H3. The predicted molar refractivity (Wildman–Crippen MR) is 118 cm³/mol. The summed E-state index contributed by atoms with van der Waals surface area (Å²) in [7, 11) is -2.48. The summed E-state index contributed by atoms with van der Waals surface area (Å²) >= 11 is 0. The molecule has 2 bridgehead atoms. The number of aliphatic hydroxyl groups excluding tert-OH is 1. The predicted octanol–water partition coefficient (Wildman–Crippen LogP) is 4.28. The van der Waals surface area contributed by atoms with Gasteiger partial charge in [-0.25, -0.2) is 0 Å². The highest BCUT2D eigenvalue weighted by atomic mass is 28.4. The number of hydrogen-bond donors (Lipinski definition) is 1. The van der Waals surface area contributed by atoms with E-state index >= 15 is 0 Å². The van der Waals surface area contributed by atoms with E-state index in [0.717, 1.165) is 19.3 Å². The van der Waals surface area contributed by atoms with Crippen LogP contribution in [0.5, 0.6) is 0 Å². The Hall–Kier alpha value is -1.68. The molecule has 3 unspecified atom stereocenters. The van der Waals surface area contributed by atoms with Crippen molar-refractivity contribution in [3.05, 3.63) is 72.8 Å². The molecule has 0 aromatic heterocycles. The van der Waals surface area contributed by atoms with Gasteiger partial charge in [-0.05, 0) is 34.7 Å². The number of hydrogen-bond acceptors (Lipinski definition) is 2. The van der Waals surface area contributed by atoms with Gasteiger partial charge in [0.2, 0.25) is 0 Å². The number of rotatable bonds is 6. The molecule has 0 saturated heterocycles. The molecule has 148 valence electrons. The topological polar surface area (TPSA) is 29.5 Å². The van der Waals surface area contributed by atoms with E-state index in [4.69, 9.17) is 4.43 Å². The zero-order chi connectivity index (χ0) is 19.8. The van der Waals surface area contributed by atoms with E-state index in [1.165, 1.54) is 10.4 Å². The van der Waals surface area contributed by atoms with Gasteiger partial charge in [-0.15, -0.1) is 0 Å². The average Bonchev–Trinajstić information content (AvgIpc) is 3.17. The summed E-state index contributed by atoms with van der Waals surface area (Å²) in [6.07, 6.45) is 7.34. The molecule has 0 heterocycles. The summed E-state index contributed by atoms with van der Waals surface area (Å²) in [5, 5.41) is 13.3. The number of fused-ring (bicyclic) bond motifs is 2. The maximum absolute atomic E-state index is 10.7. The lowest BCUT2D eigenvalue weighted by Crippen LogP contribution is -2.66. The minimum absolute atomic E-state index is 0.00425. The first kappa shape index (κ1) is 19.6. The first-order valence-corrected chi connectivity index (χ1v) is 12.4. The Bertz CT molecular complexity index is 785. The van der Waals surface area contributed by atoms with Crippen LogP contribution in [0.1, 0.15) is 40.0 Å². The van der Waals surface area contributed by atoms with Crippen LogP contribution in [0.3, 0.4) is 0 Å². The third kappa shape index (κ3) is 3.10. The Labute approximate surface area is 170 Å². The largest absolute Gasteiger partial charge is 0.407 e. The van der Waals surface area contributed by atoms with Gasteiger partial charge in [0.25, 0.3) is 8.32 Å². The van der Waals surface area contributed by atoms with Crippen molar-refractivity contribution in [1.29, 1.82) is 0 Å². The quantitative estimate of drug-likeness (QED) is 0.587. The maximum atomic E-state index is 10.7. The number of benzene rings is 2. The summed E-state index contributed by atoms with van der Waals surface area (Å²) in [5.74, 6) is 0.355. The van der Waals surface area contributed by atoms with Crippen molar-refractivity contribution in [2.24, 2.45) is 11.3 Å². The lowest BCUT2D eigenvalue weighted by Gasteiger charge is -2.43. The van der Waals surface area contributed by atoms with Gasteiger partial charge < -0.3 is 9.53 Å². The second kappa shape index (κ2) is 7.29. The van der Waals surface area contributed by atoms with Crippen molar-refractivity contribution >= 4 is 18.7 Å². The molecule has 2 aromatic carbocycles. The molecule has 3 heteroatoms. The molecule has 0 aliphatic heterocycles. The highest BCUT2D eigenvalue weighted by Crippen LogP contribution is 2.51. The Morgan fingerprint density at radius 2 is 1.57 bits per heavy atom. The lowest BCUT2D eigenvalue weighted by atomic mass is 9.83. The summed E-state index contributed by atoms with van der Waals surface area (Å²) in [5.41, 5.74) is -0.0733. The fraction of sp³-hybridized carbons (Fsp3) is 0.440. The molecule has 1 saturated carbocycles. The van der Waals surface area contributed by atoms with Crippen molar-refractivity contribution < 1.29 is 9.53 Å². The van der Waals surface area contributed by atoms with Gasteiger partial charge in [-0.2, -0.15) is 0 Å². The van der Waals surface area contributed by atoms with Crippen molar-refractivity contribution in [3.63, 3.8) is 0 Å². The molecule has 2 aromatic rings. The molecule has 2 nitrogen and oxygen atoms in total. The molecular formula is C25H32O2Si. The van der Waals surface area contributed by atoms with Gasteiger partial charge in [-0.1, -0.05) is 93.6 Å². The summed E-state index contributed by atoms with van der Waals surface area (Å²) in [4.78, 5) is 0. The van der Waals surface area contributed by atoms with Gasteiger partial charge in [-0.3, -0.25) is 0 Å². The van der Waals surface area contributed by atoms with E-state index in [-0.39, 0.29) is 16.6 Å². The fourth-order valence-corrected chi connectivity index (χ4v) is 9.94. The summed E-state index contributed by atoms with van der Waals surface area (Å²) in [6.45, 7) is 7.62. The lowest BCUT2D eigenvalue weighted by molar-refractivity contribution is 0.0625. The van der Waals surface area contributed by atoms with Gasteiger partial charge >= 0.3 is 0 Å². The second-order valence-corrected chi connectivity index (χ2v) is 13.8. The van der Waals surface area contributed by atoms with E-state index in [1.807, 2.05) is 0 Å². The van der Waals surface area contributed by atoms with Crippen LogP contribution < -0.4 is 10.4 Å². The van der Waals surface area contributed by atoms with E-state index in [0.29, 0.717) is 12.5 Å². The summed E-state index contributed by atoms with van der Waals surface area (Å²) in [6, 6.07) is 21.6. The molecular weight excluding hydrogens is 360 g/mol. The van der Waals surface area contributed by atoms with Gasteiger partial charge in [0, 0.05) is 17.9 Å². The monoisotopic (exact) mass is 392 g/mol. The SMILES string of the molecule is CC(C)(C)[Si](OCCC12C=CC(CC1)C2O)(c1ccccc1)c1ccccc1. The zero-order valence-corrected chi connectivity index (χ0v) is 18.3. The highest BCUT2D eigenvalue weighted by molar-refractivity contribution is 6.99. The molecule has 1 fully saturated rings. The smallest absolute Gasteiger partial charge is 0.261 e. The van der Waals surface area contributed by atoms with E-state index in [9.17, 15) is 5.11 Å². The second-order valence-electron chi connectivity index (χ2n) is 9.50. The van der Waals surface area contributed by atoms with E-state index < -0.39 is 8.32 Å². The molecule has 0 amide bonds. The van der Waals surface area contributed by atoms with Crippen LogP contribution in [0.2, 0.25) is 5.04 Å². The van der Waals surface area contributed by atoms with Crippen molar-refractivity contribution in [2.75, 3.05) is 6.61 Å².